The van der Waals surface area contributed by atoms with Crippen LogP contribution in [0.25, 0.3) is 11.1 Å². The number of halogens is 1. The van der Waals surface area contributed by atoms with Gasteiger partial charge in [-0.25, -0.2) is 0 Å². The molecule has 0 spiro atoms. The van der Waals surface area contributed by atoms with E-state index in [9.17, 15) is 15.2 Å². The number of aromatic hydroxyl groups is 1. The van der Waals surface area contributed by atoms with Gasteiger partial charge in [0.25, 0.3) is 0 Å². The van der Waals surface area contributed by atoms with Crippen molar-refractivity contribution in [2.75, 3.05) is 0 Å². The summed E-state index contributed by atoms with van der Waals surface area (Å²) in [5.41, 5.74) is 2.00. The quantitative estimate of drug-likeness (QED) is 0.659. The standard InChI is InChI=1S/C13H10ClNO3/c1-8-10(3-2-4-11(8)14)9-5-6-13(16)12(7-9)15(17)18/h2-7,16H,1H3. The average molecular weight is 264 g/mol. The van der Waals surface area contributed by atoms with Crippen LogP contribution in [0, 0.1) is 17.0 Å². The Morgan fingerprint density at radius 1 is 1.28 bits per heavy atom. The Kier molecular flexibility index (Phi) is 3.21. The Balaban J connectivity index is 2.62. The molecule has 92 valence electrons. The van der Waals surface area contributed by atoms with E-state index in [-0.39, 0.29) is 11.4 Å². The number of phenols is 1. The predicted molar refractivity (Wildman–Crippen MR) is 69.9 cm³/mol. The molecule has 2 aromatic rings. The summed E-state index contributed by atoms with van der Waals surface area (Å²) in [6.07, 6.45) is 0. The van der Waals surface area contributed by atoms with Crippen LogP contribution in [0.5, 0.6) is 5.75 Å². The van der Waals surface area contributed by atoms with E-state index in [4.69, 9.17) is 11.6 Å². The fourth-order valence-corrected chi connectivity index (χ4v) is 1.93. The second-order valence-electron chi connectivity index (χ2n) is 3.87. The van der Waals surface area contributed by atoms with Crippen LogP contribution in [-0.4, -0.2) is 10.0 Å². The molecule has 1 N–H and O–H groups in total. The highest BCUT2D eigenvalue weighted by atomic mass is 35.5. The minimum Gasteiger partial charge on any atom is -0.502 e. The monoisotopic (exact) mass is 263 g/mol. The maximum absolute atomic E-state index is 10.8. The van der Waals surface area contributed by atoms with E-state index < -0.39 is 4.92 Å². The van der Waals surface area contributed by atoms with Gasteiger partial charge in [-0.2, -0.15) is 0 Å². The molecule has 0 aromatic heterocycles. The van der Waals surface area contributed by atoms with E-state index in [1.165, 1.54) is 12.1 Å². The maximum Gasteiger partial charge on any atom is 0.311 e. The van der Waals surface area contributed by atoms with Gasteiger partial charge in [0.15, 0.2) is 5.75 Å². The Labute approximate surface area is 109 Å². The number of nitro benzene ring substituents is 1. The van der Waals surface area contributed by atoms with Gasteiger partial charge in [0.05, 0.1) is 4.92 Å². The first-order valence-electron chi connectivity index (χ1n) is 5.23. The van der Waals surface area contributed by atoms with Gasteiger partial charge in [-0.15, -0.1) is 0 Å². The molecule has 0 amide bonds. The Bertz CT molecular complexity index is 626. The fraction of sp³-hybridized carbons (Fsp3) is 0.0769. The molecule has 2 aromatic carbocycles. The van der Waals surface area contributed by atoms with Gasteiger partial charge in [0, 0.05) is 11.1 Å². The molecule has 18 heavy (non-hydrogen) atoms. The second kappa shape index (κ2) is 4.66. The lowest BCUT2D eigenvalue weighted by Gasteiger charge is -2.07. The maximum atomic E-state index is 10.8. The zero-order valence-corrected chi connectivity index (χ0v) is 10.3. The molecule has 0 saturated heterocycles. The van der Waals surface area contributed by atoms with Gasteiger partial charge in [-0.3, -0.25) is 10.1 Å². The van der Waals surface area contributed by atoms with Crippen LogP contribution in [0.3, 0.4) is 0 Å². The highest BCUT2D eigenvalue weighted by molar-refractivity contribution is 6.31. The lowest BCUT2D eigenvalue weighted by molar-refractivity contribution is -0.385. The molecule has 4 nitrogen and oxygen atoms in total. The summed E-state index contributed by atoms with van der Waals surface area (Å²) >= 11 is 6.01. The largest absolute Gasteiger partial charge is 0.502 e. The van der Waals surface area contributed by atoms with Crippen molar-refractivity contribution in [2.45, 2.75) is 6.92 Å². The second-order valence-corrected chi connectivity index (χ2v) is 4.28. The molecular formula is C13H10ClNO3. The van der Waals surface area contributed by atoms with Crippen LogP contribution in [0.2, 0.25) is 5.02 Å². The van der Waals surface area contributed by atoms with E-state index in [0.717, 1.165) is 11.1 Å². The lowest BCUT2D eigenvalue weighted by atomic mass is 10.00. The Morgan fingerprint density at radius 3 is 2.67 bits per heavy atom. The highest BCUT2D eigenvalue weighted by Crippen LogP contribution is 2.34. The molecule has 5 heteroatoms. The van der Waals surface area contributed by atoms with Gasteiger partial charge in [0.2, 0.25) is 0 Å². The SMILES string of the molecule is Cc1c(Cl)cccc1-c1ccc(O)c([N+](=O)[O-])c1. The third-order valence-corrected chi connectivity index (χ3v) is 3.16. The molecule has 0 bridgehead atoms. The molecule has 0 saturated carbocycles. The number of hydrogen-bond acceptors (Lipinski definition) is 3. The van der Waals surface area contributed by atoms with Crippen LogP contribution < -0.4 is 0 Å². The summed E-state index contributed by atoms with van der Waals surface area (Å²) in [5, 5.41) is 20.8. The topological polar surface area (TPSA) is 63.4 Å². The number of benzene rings is 2. The molecule has 2 rings (SSSR count). The number of nitrogens with zero attached hydrogens (tertiary/aromatic N) is 1. The van der Waals surface area contributed by atoms with Crippen molar-refractivity contribution < 1.29 is 10.0 Å². The summed E-state index contributed by atoms with van der Waals surface area (Å²) in [7, 11) is 0. The molecular weight excluding hydrogens is 254 g/mol. The van der Waals surface area contributed by atoms with Crippen molar-refractivity contribution >= 4 is 17.3 Å². The van der Waals surface area contributed by atoms with Crippen LogP contribution in [0.15, 0.2) is 36.4 Å². The molecule has 0 unspecified atom stereocenters. The molecule has 0 atom stereocenters. The first-order chi connectivity index (χ1) is 8.50. The highest BCUT2D eigenvalue weighted by Gasteiger charge is 2.15. The van der Waals surface area contributed by atoms with Crippen LogP contribution in [-0.2, 0) is 0 Å². The van der Waals surface area contributed by atoms with E-state index in [1.54, 1.807) is 18.2 Å². The van der Waals surface area contributed by atoms with Crippen molar-refractivity contribution in [3.63, 3.8) is 0 Å². The molecule has 0 aliphatic carbocycles. The lowest BCUT2D eigenvalue weighted by Crippen LogP contribution is -1.90. The summed E-state index contributed by atoms with van der Waals surface area (Å²) in [5.74, 6) is -0.344. The smallest absolute Gasteiger partial charge is 0.311 e. The van der Waals surface area contributed by atoms with E-state index >= 15 is 0 Å². The third-order valence-electron chi connectivity index (χ3n) is 2.75. The molecule has 0 heterocycles. The van der Waals surface area contributed by atoms with Crippen LogP contribution >= 0.6 is 11.6 Å². The van der Waals surface area contributed by atoms with Crippen molar-refractivity contribution in [2.24, 2.45) is 0 Å². The van der Waals surface area contributed by atoms with Crippen LogP contribution in [0.4, 0.5) is 5.69 Å². The predicted octanol–water partition coefficient (Wildman–Crippen LogP) is 3.93. The summed E-state index contributed by atoms with van der Waals surface area (Å²) in [6.45, 7) is 1.84. The van der Waals surface area contributed by atoms with Crippen molar-refractivity contribution in [1.29, 1.82) is 0 Å². The minimum atomic E-state index is -0.612. The van der Waals surface area contributed by atoms with Crippen molar-refractivity contribution in [1.82, 2.24) is 0 Å². The number of hydrogen-bond donors (Lipinski definition) is 1. The Hall–Kier alpha value is -2.07. The van der Waals surface area contributed by atoms with E-state index in [1.807, 2.05) is 13.0 Å². The van der Waals surface area contributed by atoms with Gasteiger partial charge in [-0.05, 0) is 35.7 Å². The molecule has 0 aliphatic heterocycles. The minimum absolute atomic E-state index is 0.313. The number of nitro groups is 1. The van der Waals surface area contributed by atoms with Crippen molar-refractivity contribution in [3.05, 3.63) is 57.1 Å². The van der Waals surface area contributed by atoms with Crippen molar-refractivity contribution in [3.8, 4) is 16.9 Å². The van der Waals surface area contributed by atoms with Crippen LogP contribution in [0.1, 0.15) is 5.56 Å². The summed E-state index contributed by atoms with van der Waals surface area (Å²) in [6, 6.07) is 9.65. The normalized spacial score (nSPS) is 10.3. The van der Waals surface area contributed by atoms with Gasteiger partial charge in [-0.1, -0.05) is 29.8 Å². The molecule has 0 fully saturated rings. The molecule has 0 aliphatic rings. The molecule has 0 radical (unpaired) electrons. The summed E-state index contributed by atoms with van der Waals surface area (Å²) < 4.78 is 0. The zero-order chi connectivity index (χ0) is 13.3. The first kappa shape index (κ1) is 12.4. The third kappa shape index (κ3) is 2.15. The fourth-order valence-electron chi connectivity index (χ4n) is 1.76. The average Bonchev–Trinajstić information content (AvgIpc) is 2.33. The summed E-state index contributed by atoms with van der Waals surface area (Å²) in [4.78, 5) is 10.2. The van der Waals surface area contributed by atoms with Gasteiger partial charge in [0.1, 0.15) is 0 Å². The van der Waals surface area contributed by atoms with E-state index in [0.29, 0.717) is 10.6 Å². The number of rotatable bonds is 2. The van der Waals surface area contributed by atoms with E-state index in [2.05, 4.69) is 0 Å². The van der Waals surface area contributed by atoms with Gasteiger partial charge >= 0.3 is 5.69 Å². The number of phenolic OH excluding ortho intramolecular Hbond substituents is 1. The van der Waals surface area contributed by atoms with Gasteiger partial charge < -0.3 is 5.11 Å². The first-order valence-corrected chi connectivity index (χ1v) is 5.61. The zero-order valence-electron chi connectivity index (χ0n) is 9.55. The Morgan fingerprint density at radius 2 is 2.00 bits per heavy atom.